The van der Waals surface area contributed by atoms with E-state index < -0.39 is 0 Å². The number of nitrogens with two attached hydrogens (primary N) is 1. The Kier molecular flexibility index (Phi) is 4.22. The van der Waals surface area contributed by atoms with E-state index in [1.54, 1.807) is 11.3 Å². The largest absolute Gasteiger partial charge is 0.326 e. The lowest BCUT2D eigenvalue weighted by Crippen LogP contribution is -2.28. The number of rotatable bonds is 2. The summed E-state index contributed by atoms with van der Waals surface area (Å²) in [6.45, 7) is 5.26. The lowest BCUT2D eigenvalue weighted by Gasteiger charge is -2.12. The Morgan fingerprint density at radius 2 is 2.17 bits per heavy atom. The second-order valence-electron chi connectivity index (χ2n) is 4.91. The zero-order valence-corrected chi connectivity index (χ0v) is 12.0. The molecule has 0 spiro atoms. The molecule has 5 heteroatoms. The number of aromatic nitrogens is 1. The number of hydrogen-bond donors (Lipinski definition) is 1. The summed E-state index contributed by atoms with van der Waals surface area (Å²) in [4.78, 5) is 7.07. The van der Waals surface area contributed by atoms with Crippen LogP contribution in [0.4, 0.5) is 0 Å². The molecule has 0 radical (unpaired) electrons. The fraction of sp³-hybridized carbons (Fsp3) is 0.462. The minimum atomic E-state index is 0. The third kappa shape index (κ3) is 2.67. The third-order valence-electron chi connectivity index (χ3n) is 3.44. The molecule has 1 saturated heterocycles. The van der Waals surface area contributed by atoms with Gasteiger partial charge in [-0.15, -0.1) is 23.7 Å². The molecule has 1 aliphatic heterocycles. The van der Waals surface area contributed by atoms with Gasteiger partial charge in [-0.25, -0.2) is 4.98 Å². The van der Waals surface area contributed by atoms with Gasteiger partial charge in [0, 0.05) is 19.1 Å². The van der Waals surface area contributed by atoms with Gasteiger partial charge in [-0.3, -0.25) is 4.90 Å². The van der Waals surface area contributed by atoms with E-state index in [1.807, 2.05) is 6.07 Å². The Bertz CT molecular complexity index is 485. The van der Waals surface area contributed by atoms with Crippen molar-refractivity contribution in [2.45, 2.75) is 19.5 Å². The SMILES string of the molecule is CC1CN(Cc2nc3ccccc3s2)CC1N.Cl. The Labute approximate surface area is 117 Å². The van der Waals surface area contributed by atoms with Crippen LogP contribution < -0.4 is 5.73 Å². The molecule has 98 valence electrons. The highest BCUT2D eigenvalue weighted by molar-refractivity contribution is 7.18. The van der Waals surface area contributed by atoms with Gasteiger partial charge in [0.25, 0.3) is 0 Å². The van der Waals surface area contributed by atoms with Crippen LogP contribution in [0, 0.1) is 5.92 Å². The van der Waals surface area contributed by atoms with E-state index in [9.17, 15) is 0 Å². The third-order valence-corrected chi connectivity index (χ3v) is 4.46. The molecule has 3 nitrogen and oxygen atoms in total. The summed E-state index contributed by atoms with van der Waals surface area (Å²) in [7, 11) is 0. The van der Waals surface area contributed by atoms with Crippen molar-refractivity contribution in [1.82, 2.24) is 9.88 Å². The van der Waals surface area contributed by atoms with Gasteiger partial charge in [0.2, 0.25) is 0 Å². The summed E-state index contributed by atoms with van der Waals surface area (Å²) < 4.78 is 1.28. The molecule has 1 fully saturated rings. The van der Waals surface area contributed by atoms with E-state index in [1.165, 1.54) is 9.71 Å². The molecule has 0 amide bonds. The smallest absolute Gasteiger partial charge is 0.108 e. The summed E-state index contributed by atoms with van der Waals surface area (Å²) >= 11 is 1.79. The molecular weight excluding hydrogens is 266 g/mol. The number of nitrogens with zero attached hydrogens (tertiary/aromatic N) is 2. The molecule has 3 rings (SSSR count). The number of thiazole rings is 1. The van der Waals surface area contributed by atoms with E-state index in [-0.39, 0.29) is 12.4 Å². The highest BCUT2D eigenvalue weighted by atomic mass is 35.5. The summed E-state index contributed by atoms with van der Waals surface area (Å²) in [6, 6.07) is 8.64. The average molecular weight is 284 g/mol. The van der Waals surface area contributed by atoms with Gasteiger partial charge in [0.1, 0.15) is 5.01 Å². The number of fused-ring (bicyclic) bond motifs is 1. The Morgan fingerprint density at radius 3 is 2.83 bits per heavy atom. The normalized spacial score (nSPS) is 24.3. The van der Waals surface area contributed by atoms with Gasteiger partial charge in [0.05, 0.1) is 16.8 Å². The molecule has 0 bridgehead atoms. The molecule has 2 heterocycles. The highest BCUT2D eigenvalue weighted by Gasteiger charge is 2.26. The number of likely N-dealkylation sites (tertiary alicyclic amines) is 1. The van der Waals surface area contributed by atoms with E-state index in [4.69, 9.17) is 5.73 Å². The molecular formula is C13H18ClN3S. The second kappa shape index (κ2) is 5.53. The summed E-state index contributed by atoms with van der Waals surface area (Å²) in [6.07, 6.45) is 0. The number of hydrogen-bond acceptors (Lipinski definition) is 4. The standard InChI is InChI=1S/C13H17N3S.ClH/c1-9-6-16(7-10(9)14)8-13-15-11-4-2-3-5-12(11)17-13;/h2-5,9-10H,6-8,14H2,1H3;1H. The zero-order chi connectivity index (χ0) is 11.8. The van der Waals surface area contributed by atoms with Crippen molar-refractivity contribution in [2.75, 3.05) is 13.1 Å². The van der Waals surface area contributed by atoms with E-state index in [2.05, 4.69) is 35.0 Å². The molecule has 2 unspecified atom stereocenters. The van der Waals surface area contributed by atoms with E-state index in [0.29, 0.717) is 12.0 Å². The summed E-state index contributed by atoms with van der Waals surface area (Å²) in [5, 5.41) is 1.20. The van der Waals surface area contributed by atoms with Crippen LogP contribution in [0.15, 0.2) is 24.3 Å². The van der Waals surface area contributed by atoms with Crippen LogP contribution in [0.1, 0.15) is 11.9 Å². The molecule has 0 saturated carbocycles. The minimum absolute atomic E-state index is 0. The van der Waals surface area contributed by atoms with Crippen LogP contribution >= 0.6 is 23.7 Å². The van der Waals surface area contributed by atoms with Crippen LogP contribution in [0.2, 0.25) is 0 Å². The first-order chi connectivity index (χ1) is 8.22. The fourth-order valence-corrected chi connectivity index (χ4v) is 3.41. The van der Waals surface area contributed by atoms with Crippen LogP contribution in [-0.4, -0.2) is 29.0 Å². The molecule has 0 aliphatic carbocycles. The van der Waals surface area contributed by atoms with Crippen LogP contribution in [0.25, 0.3) is 10.2 Å². The quantitative estimate of drug-likeness (QED) is 0.921. The maximum atomic E-state index is 6.04. The number of para-hydroxylation sites is 1. The predicted molar refractivity (Wildman–Crippen MR) is 79.3 cm³/mol. The number of benzene rings is 1. The van der Waals surface area contributed by atoms with Crippen molar-refractivity contribution in [3.8, 4) is 0 Å². The topological polar surface area (TPSA) is 42.2 Å². The van der Waals surface area contributed by atoms with Gasteiger partial charge in [-0.05, 0) is 18.1 Å². The molecule has 1 aliphatic rings. The van der Waals surface area contributed by atoms with Gasteiger partial charge in [0.15, 0.2) is 0 Å². The molecule has 18 heavy (non-hydrogen) atoms. The van der Waals surface area contributed by atoms with Crippen LogP contribution in [0.3, 0.4) is 0 Å². The monoisotopic (exact) mass is 283 g/mol. The summed E-state index contributed by atoms with van der Waals surface area (Å²) in [5.41, 5.74) is 7.15. The van der Waals surface area contributed by atoms with Crippen molar-refractivity contribution in [3.63, 3.8) is 0 Å². The molecule has 2 aromatic rings. The van der Waals surface area contributed by atoms with Crippen molar-refractivity contribution >= 4 is 34.0 Å². The Morgan fingerprint density at radius 1 is 1.39 bits per heavy atom. The lowest BCUT2D eigenvalue weighted by atomic mass is 10.1. The second-order valence-corrected chi connectivity index (χ2v) is 6.03. The van der Waals surface area contributed by atoms with E-state index in [0.717, 1.165) is 25.2 Å². The molecule has 2 N–H and O–H groups in total. The Hall–Kier alpha value is -0.680. The fourth-order valence-electron chi connectivity index (χ4n) is 2.40. The van der Waals surface area contributed by atoms with Gasteiger partial charge < -0.3 is 5.73 Å². The zero-order valence-electron chi connectivity index (χ0n) is 10.4. The predicted octanol–water partition coefficient (Wildman–Crippen LogP) is 2.50. The maximum absolute atomic E-state index is 6.04. The molecule has 1 aromatic carbocycles. The van der Waals surface area contributed by atoms with Crippen molar-refractivity contribution < 1.29 is 0 Å². The molecule has 2 atom stereocenters. The Balaban J connectivity index is 0.00000120. The molecule has 1 aromatic heterocycles. The first kappa shape index (κ1) is 13.7. The van der Waals surface area contributed by atoms with Crippen LogP contribution in [-0.2, 0) is 6.54 Å². The van der Waals surface area contributed by atoms with Crippen molar-refractivity contribution in [2.24, 2.45) is 11.7 Å². The first-order valence-corrected chi connectivity index (χ1v) is 6.86. The van der Waals surface area contributed by atoms with Gasteiger partial charge in [-0.2, -0.15) is 0 Å². The maximum Gasteiger partial charge on any atom is 0.108 e. The highest BCUT2D eigenvalue weighted by Crippen LogP contribution is 2.24. The van der Waals surface area contributed by atoms with Crippen molar-refractivity contribution in [3.05, 3.63) is 29.3 Å². The minimum Gasteiger partial charge on any atom is -0.326 e. The first-order valence-electron chi connectivity index (χ1n) is 6.05. The van der Waals surface area contributed by atoms with Gasteiger partial charge in [-0.1, -0.05) is 19.1 Å². The lowest BCUT2D eigenvalue weighted by molar-refractivity contribution is 0.318. The van der Waals surface area contributed by atoms with Crippen LogP contribution in [0.5, 0.6) is 0 Å². The van der Waals surface area contributed by atoms with Crippen molar-refractivity contribution in [1.29, 1.82) is 0 Å². The van der Waals surface area contributed by atoms with E-state index >= 15 is 0 Å². The summed E-state index contributed by atoms with van der Waals surface area (Å²) in [5.74, 6) is 0.601. The number of halogens is 1. The average Bonchev–Trinajstić information content (AvgIpc) is 2.83. The van der Waals surface area contributed by atoms with Gasteiger partial charge >= 0.3 is 0 Å².